The molecule has 0 saturated heterocycles. The number of rotatable bonds is 1. The molecule has 0 heterocycles. The van der Waals surface area contributed by atoms with Crippen molar-refractivity contribution in [1.82, 2.24) is 0 Å². The van der Waals surface area contributed by atoms with Crippen molar-refractivity contribution in [2.24, 2.45) is 0 Å². The van der Waals surface area contributed by atoms with Gasteiger partial charge in [-0.2, -0.15) is 0 Å². The molecule has 0 bridgehead atoms. The molecule has 0 fully saturated rings. The third kappa shape index (κ3) is 1.97. The summed E-state index contributed by atoms with van der Waals surface area (Å²) in [7, 11) is 0. The Bertz CT molecular complexity index is 1160. The average Bonchev–Trinajstić information content (AvgIpc) is 3.19. The summed E-state index contributed by atoms with van der Waals surface area (Å²) in [6.45, 7) is 0. The molecule has 0 amide bonds. The van der Waals surface area contributed by atoms with Gasteiger partial charge in [0.1, 0.15) is 0 Å². The van der Waals surface area contributed by atoms with E-state index in [0.29, 0.717) is 0 Å². The predicted molar refractivity (Wildman–Crippen MR) is 116 cm³/mol. The van der Waals surface area contributed by atoms with E-state index in [1.165, 1.54) is 44.5 Å². The molecule has 0 saturated carbocycles. The SMILES string of the molecule is Nc1ccc2c(c1)C(C1c3ccccc3-c3ccc(N)cc31)c1ccccc1-2. The van der Waals surface area contributed by atoms with Crippen LogP contribution >= 0.6 is 0 Å². The molecule has 4 aromatic rings. The molecular weight excluding hydrogens is 340 g/mol. The van der Waals surface area contributed by atoms with Crippen LogP contribution in [0.2, 0.25) is 0 Å². The zero-order chi connectivity index (χ0) is 18.8. The highest BCUT2D eigenvalue weighted by Crippen LogP contribution is 2.58. The summed E-state index contributed by atoms with van der Waals surface area (Å²) in [6.07, 6.45) is 0. The molecule has 4 N–H and O–H groups in total. The summed E-state index contributed by atoms with van der Waals surface area (Å²) in [5.41, 5.74) is 24.7. The zero-order valence-electron chi connectivity index (χ0n) is 15.4. The lowest BCUT2D eigenvalue weighted by Crippen LogP contribution is -2.10. The van der Waals surface area contributed by atoms with Crippen LogP contribution in [0, 0.1) is 0 Å². The molecular formula is C26H20N2. The summed E-state index contributed by atoms with van der Waals surface area (Å²) in [5.74, 6) is 0.470. The minimum atomic E-state index is 0.235. The summed E-state index contributed by atoms with van der Waals surface area (Å²) >= 11 is 0. The minimum absolute atomic E-state index is 0.235. The molecule has 0 radical (unpaired) electrons. The van der Waals surface area contributed by atoms with E-state index in [2.05, 4.69) is 72.8 Å². The quantitative estimate of drug-likeness (QED) is 0.423. The van der Waals surface area contributed by atoms with Crippen LogP contribution in [-0.4, -0.2) is 0 Å². The van der Waals surface area contributed by atoms with Crippen LogP contribution in [0.1, 0.15) is 34.1 Å². The molecule has 0 spiro atoms. The van der Waals surface area contributed by atoms with Crippen LogP contribution in [0.4, 0.5) is 11.4 Å². The Balaban J connectivity index is 1.68. The van der Waals surface area contributed by atoms with Crippen LogP contribution < -0.4 is 11.5 Å². The van der Waals surface area contributed by atoms with Crippen molar-refractivity contribution in [3.8, 4) is 22.3 Å². The normalized spacial score (nSPS) is 18.3. The van der Waals surface area contributed by atoms with Crippen molar-refractivity contribution < 1.29 is 0 Å². The second-order valence-corrected chi connectivity index (χ2v) is 7.82. The van der Waals surface area contributed by atoms with Crippen LogP contribution in [0.25, 0.3) is 22.3 Å². The van der Waals surface area contributed by atoms with Gasteiger partial charge >= 0.3 is 0 Å². The van der Waals surface area contributed by atoms with E-state index < -0.39 is 0 Å². The first-order valence-corrected chi connectivity index (χ1v) is 9.70. The van der Waals surface area contributed by atoms with Gasteiger partial charge in [0.2, 0.25) is 0 Å². The predicted octanol–water partition coefficient (Wildman–Crippen LogP) is 5.78. The van der Waals surface area contributed by atoms with Gasteiger partial charge in [0.25, 0.3) is 0 Å². The zero-order valence-corrected chi connectivity index (χ0v) is 15.4. The van der Waals surface area contributed by atoms with Crippen molar-refractivity contribution >= 4 is 11.4 Å². The van der Waals surface area contributed by atoms with Gasteiger partial charge in [-0.05, 0) is 68.8 Å². The minimum Gasteiger partial charge on any atom is -0.399 e. The fourth-order valence-electron chi connectivity index (χ4n) is 5.25. The first-order valence-electron chi connectivity index (χ1n) is 9.70. The fourth-order valence-corrected chi connectivity index (χ4v) is 5.25. The molecule has 2 unspecified atom stereocenters. The van der Waals surface area contributed by atoms with E-state index in [1.807, 2.05) is 12.1 Å². The Morgan fingerprint density at radius 1 is 0.429 bits per heavy atom. The van der Waals surface area contributed by atoms with Crippen molar-refractivity contribution in [2.45, 2.75) is 11.8 Å². The first kappa shape index (κ1) is 15.5. The number of nitrogen functional groups attached to an aromatic ring is 2. The number of nitrogens with two attached hydrogens (primary N) is 2. The molecule has 0 aliphatic heterocycles. The number of benzene rings is 4. The van der Waals surface area contributed by atoms with Crippen molar-refractivity contribution in [3.05, 3.63) is 107 Å². The van der Waals surface area contributed by atoms with Crippen LogP contribution in [0.15, 0.2) is 84.9 Å². The molecule has 2 aliphatic carbocycles. The Morgan fingerprint density at radius 3 is 1.29 bits per heavy atom. The lowest BCUT2D eigenvalue weighted by molar-refractivity contribution is 0.724. The largest absolute Gasteiger partial charge is 0.399 e. The van der Waals surface area contributed by atoms with Crippen molar-refractivity contribution in [1.29, 1.82) is 0 Å². The lowest BCUT2D eigenvalue weighted by atomic mass is 9.78. The van der Waals surface area contributed by atoms with Crippen LogP contribution in [-0.2, 0) is 0 Å². The van der Waals surface area contributed by atoms with E-state index >= 15 is 0 Å². The topological polar surface area (TPSA) is 52.0 Å². The molecule has 6 rings (SSSR count). The third-order valence-corrected chi connectivity index (χ3v) is 6.33. The van der Waals surface area contributed by atoms with Gasteiger partial charge in [-0.3, -0.25) is 0 Å². The summed E-state index contributed by atoms with van der Waals surface area (Å²) in [6, 6.07) is 30.2. The van der Waals surface area contributed by atoms with Gasteiger partial charge in [0.05, 0.1) is 0 Å². The average molecular weight is 360 g/mol. The van der Waals surface area contributed by atoms with Gasteiger partial charge in [-0.15, -0.1) is 0 Å². The van der Waals surface area contributed by atoms with E-state index in [9.17, 15) is 0 Å². The third-order valence-electron chi connectivity index (χ3n) is 6.33. The summed E-state index contributed by atoms with van der Waals surface area (Å²) in [4.78, 5) is 0. The second kappa shape index (κ2) is 5.49. The summed E-state index contributed by atoms with van der Waals surface area (Å²) in [5, 5.41) is 0. The fraction of sp³-hybridized carbons (Fsp3) is 0.0769. The monoisotopic (exact) mass is 360 g/mol. The Kier molecular flexibility index (Phi) is 3.05. The highest BCUT2D eigenvalue weighted by molar-refractivity contribution is 5.86. The molecule has 2 heteroatoms. The first-order chi connectivity index (χ1) is 13.7. The molecule has 134 valence electrons. The van der Waals surface area contributed by atoms with E-state index in [1.54, 1.807) is 0 Å². The van der Waals surface area contributed by atoms with E-state index in [4.69, 9.17) is 11.5 Å². The number of hydrogen-bond donors (Lipinski definition) is 2. The van der Waals surface area contributed by atoms with Gasteiger partial charge in [0.15, 0.2) is 0 Å². The van der Waals surface area contributed by atoms with E-state index in [-0.39, 0.29) is 11.8 Å². The van der Waals surface area contributed by atoms with Crippen LogP contribution in [0.5, 0.6) is 0 Å². The Morgan fingerprint density at radius 2 is 0.821 bits per heavy atom. The maximum Gasteiger partial charge on any atom is 0.0317 e. The maximum absolute atomic E-state index is 6.22. The van der Waals surface area contributed by atoms with Crippen molar-refractivity contribution in [3.63, 3.8) is 0 Å². The van der Waals surface area contributed by atoms with Crippen LogP contribution in [0.3, 0.4) is 0 Å². The molecule has 2 nitrogen and oxygen atoms in total. The highest BCUT2D eigenvalue weighted by Gasteiger charge is 2.40. The number of hydrogen-bond acceptors (Lipinski definition) is 2. The summed E-state index contributed by atoms with van der Waals surface area (Å²) < 4.78 is 0. The molecule has 0 aromatic heterocycles. The molecule has 2 aliphatic rings. The van der Waals surface area contributed by atoms with Gasteiger partial charge in [0, 0.05) is 23.2 Å². The maximum atomic E-state index is 6.22. The Hall–Kier alpha value is -3.52. The molecule has 4 aromatic carbocycles. The standard InChI is InChI=1S/C26H20N2/c27-15-9-11-19-17-5-1-3-7-21(17)25(23(19)13-15)26-22-8-4-2-6-18(22)20-12-10-16(28)14-24(20)26/h1-14,25-26H,27-28H2. The highest BCUT2D eigenvalue weighted by atomic mass is 14.6. The van der Waals surface area contributed by atoms with Gasteiger partial charge in [-0.25, -0.2) is 0 Å². The number of fused-ring (bicyclic) bond motifs is 6. The Labute approximate surface area is 164 Å². The smallest absolute Gasteiger partial charge is 0.0317 e. The number of anilines is 2. The van der Waals surface area contributed by atoms with Crippen molar-refractivity contribution in [2.75, 3.05) is 11.5 Å². The lowest BCUT2D eigenvalue weighted by Gasteiger charge is -2.24. The van der Waals surface area contributed by atoms with E-state index in [0.717, 1.165) is 11.4 Å². The van der Waals surface area contributed by atoms with Gasteiger partial charge in [-0.1, -0.05) is 60.7 Å². The molecule has 2 atom stereocenters. The van der Waals surface area contributed by atoms with Gasteiger partial charge < -0.3 is 11.5 Å². The molecule has 28 heavy (non-hydrogen) atoms. The second-order valence-electron chi connectivity index (χ2n) is 7.82.